The molecule has 3 rings (SSSR count). The highest BCUT2D eigenvalue weighted by Gasteiger charge is 2.20. The summed E-state index contributed by atoms with van der Waals surface area (Å²) in [5.41, 5.74) is 1.75. The third kappa shape index (κ3) is 5.87. The highest BCUT2D eigenvalue weighted by Crippen LogP contribution is 2.28. The van der Waals surface area contributed by atoms with Crippen molar-refractivity contribution in [3.63, 3.8) is 0 Å². The van der Waals surface area contributed by atoms with Gasteiger partial charge in [0.2, 0.25) is 0 Å². The van der Waals surface area contributed by atoms with Gasteiger partial charge in [0.05, 0.1) is 5.56 Å². The van der Waals surface area contributed by atoms with Gasteiger partial charge in [-0.05, 0) is 36.1 Å². The minimum atomic E-state index is -0.234. The first-order chi connectivity index (χ1) is 12.8. The Hall–Kier alpha value is -2.35. The summed E-state index contributed by atoms with van der Waals surface area (Å²) >= 11 is 0. The molecule has 2 aromatic carbocycles. The van der Waals surface area contributed by atoms with E-state index < -0.39 is 0 Å². The molecule has 2 nitrogen and oxygen atoms in total. The molecule has 1 fully saturated rings. The SMILES string of the molecule is O=C(O[C@@H](/C=C/c1ccccc1)CC1CCCCCC1)c1ccccc1. The van der Waals surface area contributed by atoms with Crippen molar-refractivity contribution in [2.45, 2.75) is 51.0 Å². The van der Waals surface area contributed by atoms with E-state index in [1.54, 1.807) is 0 Å². The number of esters is 1. The molecule has 26 heavy (non-hydrogen) atoms. The Morgan fingerprint density at radius 2 is 1.54 bits per heavy atom. The van der Waals surface area contributed by atoms with Gasteiger partial charge < -0.3 is 4.74 Å². The fraction of sp³-hybridized carbons (Fsp3) is 0.375. The fourth-order valence-corrected chi connectivity index (χ4v) is 3.66. The molecule has 1 saturated carbocycles. The second-order valence-electron chi connectivity index (χ2n) is 7.17. The molecule has 0 unspecified atom stereocenters. The number of hydrogen-bond acceptors (Lipinski definition) is 2. The molecule has 0 spiro atoms. The highest BCUT2D eigenvalue weighted by atomic mass is 16.5. The summed E-state index contributed by atoms with van der Waals surface area (Å²) in [5.74, 6) is 0.411. The minimum Gasteiger partial charge on any atom is -0.455 e. The largest absolute Gasteiger partial charge is 0.455 e. The van der Waals surface area contributed by atoms with E-state index >= 15 is 0 Å². The van der Waals surface area contributed by atoms with Crippen molar-refractivity contribution in [3.8, 4) is 0 Å². The summed E-state index contributed by atoms with van der Waals surface area (Å²) in [4.78, 5) is 12.5. The van der Waals surface area contributed by atoms with Gasteiger partial charge in [-0.25, -0.2) is 4.79 Å². The lowest BCUT2D eigenvalue weighted by atomic mass is 9.93. The van der Waals surface area contributed by atoms with Crippen LogP contribution in [0.3, 0.4) is 0 Å². The van der Waals surface area contributed by atoms with E-state index in [4.69, 9.17) is 4.74 Å². The van der Waals surface area contributed by atoms with E-state index in [2.05, 4.69) is 24.3 Å². The predicted octanol–water partition coefficient (Wildman–Crippen LogP) is 6.29. The lowest BCUT2D eigenvalue weighted by molar-refractivity contribution is 0.0347. The van der Waals surface area contributed by atoms with Crippen molar-refractivity contribution in [2.75, 3.05) is 0 Å². The van der Waals surface area contributed by atoms with Crippen molar-refractivity contribution in [3.05, 3.63) is 77.9 Å². The van der Waals surface area contributed by atoms with Crippen molar-refractivity contribution in [2.24, 2.45) is 5.92 Å². The quantitative estimate of drug-likeness (QED) is 0.453. The summed E-state index contributed by atoms with van der Waals surface area (Å²) in [6.45, 7) is 0. The lowest BCUT2D eigenvalue weighted by Gasteiger charge is -2.20. The zero-order chi connectivity index (χ0) is 18.0. The molecule has 0 heterocycles. The second kappa shape index (κ2) is 9.96. The number of hydrogen-bond donors (Lipinski definition) is 0. The van der Waals surface area contributed by atoms with Gasteiger partial charge in [-0.2, -0.15) is 0 Å². The second-order valence-corrected chi connectivity index (χ2v) is 7.17. The van der Waals surface area contributed by atoms with Gasteiger partial charge in [-0.15, -0.1) is 0 Å². The zero-order valence-electron chi connectivity index (χ0n) is 15.3. The van der Waals surface area contributed by atoms with Crippen LogP contribution in [-0.2, 0) is 4.74 Å². The first-order valence-corrected chi connectivity index (χ1v) is 9.80. The molecule has 1 aliphatic rings. The Morgan fingerprint density at radius 1 is 0.923 bits per heavy atom. The van der Waals surface area contributed by atoms with Gasteiger partial charge >= 0.3 is 5.97 Å². The molecule has 0 aliphatic heterocycles. The van der Waals surface area contributed by atoms with Crippen LogP contribution in [0.15, 0.2) is 66.7 Å². The summed E-state index contributed by atoms with van der Waals surface area (Å²) < 4.78 is 5.88. The smallest absolute Gasteiger partial charge is 0.338 e. The van der Waals surface area contributed by atoms with Crippen LogP contribution >= 0.6 is 0 Å². The van der Waals surface area contributed by atoms with Crippen molar-refractivity contribution < 1.29 is 9.53 Å². The zero-order valence-corrected chi connectivity index (χ0v) is 15.3. The van der Waals surface area contributed by atoms with Crippen LogP contribution in [0.1, 0.15) is 60.9 Å². The van der Waals surface area contributed by atoms with Crippen molar-refractivity contribution in [1.29, 1.82) is 0 Å². The van der Waals surface area contributed by atoms with E-state index in [1.807, 2.05) is 48.5 Å². The van der Waals surface area contributed by atoms with E-state index in [-0.39, 0.29) is 12.1 Å². The molecule has 0 radical (unpaired) electrons. The maximum atomic E-state index is 12.5. The Kier molecular flexibility index (Phi) is 7.06. The molecule has 0 aromatic heterocycles. The molecule has 0 amide bonds. The van der Waals surface area contributed by atoms with Crippen LogP contribution in [0, 0.1) is 5.92 Å². The summed E-state index contributed by atoms with van der Waals surface area (Å²) in [6, 6.07) is 19.5. The standard InChI is InChI=1S/C24H28O2/c25-24(22-15-9-4-10-16-22)26-23(18-17-20-11-7-3-8-12-20)19-21-13-5-1-2-6-14-21/h3-4,7-12,15-18,21,23H,1-2,5-6,13-14,19H2/b18-17+/t23-/m0/s1. The van der Waals surface area contributed by atoms with Gasteiger partial charge in [-0.1, -0.05) is 93.1 Å². The molecule has 1 aliphatic carbocycles. The number of benzene rings is 2. The molecule has 0 N–H and O–H groups in total. The van der Waals surface area contributed by atoms with Gasteiger partial charge in [0.15, 0.2) is 0 Å². The summed E-state index contributed by atoms with van der Waals surface area (Å²) in [7, 11) is 0. The van der Waals surface area contributed by atoms with Gasteiger partial charge in [0, 0.05) is 0 Å². The van der Waals surface area contributed by atoms with Gasteiger partial charge in [-0.3, -0.25) is 0 Å². The minimum absolute atomic E-state index is 0.175. The molecule has 136 valence electrons. The normalized spacial score (nSPS) is 16.9. The van der Waals surface area contributed by atoms with Crippen LogP contribution < -0.4 is 0 Å². The molecule has 0 bridgehead atoms. The van der Waals surface area contributed by atoms with Crippen LogP contribution in [0.4, 0.5) is 0 Å². The molecular formula is C24H28O2. The van der Waals surface area contributed by atoms with Crippen molar-refractivity contribution in [1.82, 2.24) is 0 Å². The van der Waals surface area contributed by atoms with Crippen LogP contribution in [0.25, 0.3) is 6.08 Å². The highest BCUT2D eigenvalue weighted by molar-refractivity contribution is 5.89. The molecule has 0 saturated heterocycles. The fourth-order valence-electron chi connectivity index (χ4n) is 3.66. The average molecular weight is 348 g/mol. The van der Waals surface area contributed by atoms with Gasteiger partial charge in [0.1, 0.15) is 6.10 Å². The topological polar surface area (TPSA) is 26.3 Å². The summed E-state index contributed by atoms with van der Waals surface area (Å²) in [5, 5.41) is 0. The first-order valence-electron chi connectivity index (χ1n) is 9.80. The van der Waals surface area contributed by atoms with E-state index in [0.717, 1.165) is 12.0 Å². The third-order valence-corrected chi connectivity index (χ3v) is 5.11. The summed E-state index contributed by atoms with van der Waals surface area (Å²) in [6.07, 6.45) is 12.6. The average Bonchev–Trinajstić information content (AvgIpc) is 2.96. The Morgan fingerprint density at radius 3 is 2.19 bits per heavy atom. The molecule has 2 aromatic rings. The number of carbonyl (C=O) groups excluding carboxylic acids is 1. The number of carbonyl (C=O) groups is 1. The first kappa shape index (κ1) is 18.4. The van der Waals surface area contributed by atoms with E-state index in [9.17, 15) is 4.79 Å². The number of ether oxygens (including phenoxy) is 1. The Balaban J connectivity index is 1.69. The maximum Gasteiger partial charge on any atom is 0.338 e. The van der Waals surface area contributed by atoms with Crippen molar-refractivity contribution >= 4 is 12.0 Å². The maximum absolute atomic E-state index is 12.5. The predicted molar refractivity (Wildman–Crippen MR) is 107 cm³/mol. The van der Waals surface area contributed by atoms with Gasteiger partial charge in [0.25, 0.3) is 0 Å². The van der Waals surface area contributed by atoms with E-state index in [1.165, 1.54) is 38.5 Å². The Labute approximate surface area is 156 Å². The monoisotopic (exact) mass is 348 g/mol. The van der Waals surface area contributed by atoms with Crippen LogP contribution in [0.2, 0.25) is 0 Å². The van der Waals surface area contributed by atoms with Crippen LogP contribution in [-0.4, -0.2) is 12.1 Å². The van der Waals surface area contributed by atoms with Crippen LogP contribution in [0.5, 0.6) is 0 Å². The molecule has 2 heteroatoms. The lowest BCUT2D eigenvalue weighted by Crippen LogP contribution is -2.20. The molecular weight excluding hydrogens is 320 g/mol. The van der Waals surface area contributed by atoms with E-state index in [0.29, 0.717) is 11.5 Å². The Bertz CT molecular complexity index is 683. The third-order valence-electron chi connectivity index (χ3n) is 5.11. The number of rotatable bonds is 6. The molecule has 1 atom stereocenters.